The fraction of sp³-hybridized carbons (Fsp3) is 0.190. The highest BCUT2D eigenvalue weighted by Gasteiger charge is 2.31. The molecule has 1 unspecified atom stereocenters. The predicted octanol–water partition coefficient (Wildman–Crippen LogP) is 3.85. The topological polar surface area (TPSA) is 93.5 Å². The smallest absolute Gasteiger partial charge is 0.408 e. The van der Waals surface area contributed by atoms with E-state index in [1.54, 1.807) is 7.05 Å². The maximum atomic E-state index is 12.4. The van der Waals surface area contributed by atoms with Gasteiger partial charge in [0.2, 0.25) is 0 Å². The van der Waals surface area contributed by atoms with Gasteiger partial charge in [0.1, 0.15) is 11.2 Å². The Kier molecular flexibility index (Phi) is 5.10. The zero-order valence-corrected chi connectivity index (χ0v) is 17.1. The molecule has 0 fully saturated rings. The molecule has 7 nitrogen and oxygen atoms in total. The Morgan fingerprint density at radius 3 is 2.28 bits per heavy atom. The number of fused-ring (bicyclic) bond motifs is 3. The number of hydrogen-bond donors (Lipinski definition) is 2. The third-order valence-electron chi connectivity index (χ3n) is 4.97. The van der Waals surface area contributed by atoms with Crippen molar-refractivity contribution in [2.45, 2.75) is 12.0 Å². The molecule has 0 saturated carbocycles. The number of nitrogens with zero attached hydrogens (tertiary/aromatic N) is 2. The van der Waals surface area contributed by atoms with Crippen molar-refractivity contribution in [2.75, 3.05) is 6.61 Å². The molecule has 0 aliphatic heterocycles. The van der Waals surface area contributed by atoms with Crippen LogP contribution in [0.1, 0.15) is 28.7 Å². The lowest BCUT2D eigenvalue weighted by atomic mass is 9.98. The van der Waals surface area contributed by atoms with E-state index in [0.29, 0.717) is 10.2 Å². The molecule has 1 heterocycles. The molecule has 0 radical (unpaired) electrons. The Labute approximate surface area is 175 Å². The summed E-state index contributed by atoms with van der Waals surface area (Å²) in [5.41, 5.74) is 4.77. The molecule has 0 spiro atoms. The molecule has 148 valence electrons. The predicted molar refractivity (Wildman–Crippen MR) is 109 cm³/mol. The van der Waals surface area contributed by atoms with Gasteiger partial charge in [-0.2, -0.15) is 5.10 Å². The van der Waals surface area contributed by atoms with Crippen LogP contribution in [0.3, 0.4) is 0 Å². The van der Waals surface area contributed by atoms with Gasteiger partial charge < -0.3 is 15.2 Å². The van der Waals surface area contributed by atoms with E-state index in [1.165, 1.54) is 10.9 Å². The SMILES string of the molecule is Cn1cc(C(NC(=O)OCC2c3ccccc3-c3ccccc32)C(=O)O)c(Br)n1. The average Bonchev–Trinajstić information content (AvgIpc) is 3.20. The average molecular weight is 456 g/mol. The number of ether oxygens (including phenoxy) is 1. The van der Waals surface area contributed by atoms with Crippen LogP contribution in [-0.2, 0) is 16.6 Å². The van der Waals surface area contributed by atoms with Crippen molar-refractivity contribution >= 4 is 28.0 Å². The molecular weight excluding hydrogens is 438 g/mol. The second-order valence-electron chi connectivity index (χ2n) is 6.79. The van der Waals surface area contributed by atoms with Crippen LogP contribution in [0.4, 0.5) is 4.79 Å². The number of amides is 1. The van der Waals surface area contributed by atoms with Crippen molar-refractivity contribution < 1.29 is 19.4 Å². The Balaban J connectivity index is 1.50. The van der Waals surface area contributed by atoms with Crippen molar-refractivity contribution in [1.82, 2.24) is 15.1 Å². The standard InChI is InChI=1S/C21H18BrN3O4/c1-25-10-16(19(22)24-25)18(20(26)27)23-21(28)29-11-17-14-8-4-2-6-12(14)13-7-3-5-9-15(13)17/h2-10,17-18H,11H2,1H3,(H,23,28)(H,26,27). The molecule has 2 N–H and O–H groups in total. The van der Waals surface area contributed by atoms with Gasteiger partial charge in [-0.25, -0.2) is 9.59 Å². The molecule has 3 aromatic rings. The molecule has 8 heteroatoms. The Morgan fingerprint density at radius 2 is 1.76 bits per heavy atom. The summed E-state index contributed by atoms with van der Waals surface area (Å²) >= 11 is 3.22. The third kappa shape index (κ3) is 3.63. The minimum absolute atomic E-state index is 0.0958. The molecule has 1 amide bonds. The molecular formula is C21H18BrN3O4. The van der Waals surface area contributed by atoms with Crippen molar-refractivity contribution in [2.24, 2.45) is 7.05 Å². The lowest BCUT2D eigenvalue weighted by molar-refractivity contribution is -0.139. The second-order valence-corrected chi connectivity index (χ2v) is 7.54. The first-order chi connectivity index (χ1) is 14.0. The van der Waals surface area contributed by atoms with Crippen molar-refractivity contribution in [3.05, 3.63) is 76.0 Å². The molecule has 0 saturated heterocycles. The largest absolute Gasteiger partial charge is 0.479 e. The van der Waals surface area contributed by atoms with E-state index in [0.717, 1.165) is 22.3 Å². The number of carboxylic acids is 1. The van der Waals surface area contributed by atoms with Crippen molar-refractivity contribution in [3.8, 4) is 11.1 Å². The van der Waals surface area contributed by atoms with Crippen LogP contribution in [0.15, 0.2) is 59.3 Å². The van der Waals surface area contributed by atoms with Crippen molar-refractivity contribution in [3.63, 3.8) is 0 Å². The summed E-state index contributed by atoms with van der Waals surface area (Å²) in [6, 6.07) is 14.7. The third-order valence-corrected chi connectivity index (χ3v) is 5.59. The van der Waals surface area contributed by atoms with Crippen LogP contribution < -0.4 is 5.32 Å². The number of carbonyl (C=O) groups is 2. The van der Waals surface area contributed by atoms with Gasteiger partial charge in [0.05, 0.1) is 0 Å². The highest BCUT2D eigenvalue weighted by atomic mass is 79.9. The molecule has 1 aromatic heterocycles. The van der Waals surface area contributed by atoms with Crippen LogP contribution in [-0.4, -0.2) is 33.6 Å². The highest BCUT2D eigenvalue weighted by molar-refractivity contribution is 9.10. The van der Waals surface area contributed by atoms with E-state index in [4.69, 9.17) is 4.74 Å². The number of halogens is 1. The summed E-state index contributed by atoms with van der Waals surface area (Å²) in [5, 5.41) is 16.0. The summed E-state index contributed by atoms with van der Waals surface area (Å²) < 4.78 is 7.25. The van der Waals surface area contributed by atoms with E-state index in [-0.39, 0.29) is 12.5 Å². The maximum Gasteiger partial charge on any atom is 0.408 e. The summed E-state index contributed by atoms with van der Waals surface area (Å²) in [5.74, 6) is -1.30. The number of benzene rings is 2. The zero-order chi connectivity index (χ0) is 20.5. The second kappa shape index (κ2) is 7.71. The van der Waals surface area contributed by atoms with Crippen LogP contribution in [0.25, 0.3) is 11.1 Å². The maximum absolute atomic E-state index is 12.4. The molecule has 4 rings (SSSR count). The normalized spacial score (nSPS) is 13.4. The van der Waals surface area contributed by atoms with Gasteiger partial charge in [0.15, 0.2) is 6.04 Å². The Morgan fingerprint density at radius 1 is 1.17 bits per heavy atom. The lowest BCUT2D eigenvalue weighted by Gasteiger charge is -2.17. The fourth-order valence-corrected chi connectivity index (χ4v) is 4.29. The number of rotatable bonds is 5. The monoisotopic (exact) mass is 455 g/mol. The Bertz CT molecular complexity index is 1050. The minimum Gasteiger partial charge on any atom is -0.479 e. The van der Waals surface area contributed by atoms with Crippen LogP contribution in [0, 0.1) is 0 Å². The van der Waals surface area contributed by atoms with E-state index < -0.39 is 18.1 Å². The number of alkyl carbamates (subject to hydrolysis) is 1. The molecule has 1 atom stereocenters. The van der Waals surface area contributed by atoms with Gasteiger partial charge in [-0.15, -0.1) is 0 Å². The number of carboxylic acid groups (broad SMARTS) is 1. The number of aromatic nitrogens is 2. The highest BCUT2D eigenvalue weighted by Crippen LogP contribution is 2.44. The van der Waals surface area contributed by atoms with E-state index in [9.17, 15) is 14.7 Å². The summed E-state index contributed by atoms with van der Waals surface area (Å²) in [7, 11) is 1.67. The van der Waals surface area contributed by atoms with Gasteiger partial charge in [0.25, 0.3) is 0 Å². The van der Waals surface area contributed by atoms with Crippen LogP contribution in [0.2, 0.25) is 0 Å². The van der Waals surface area contributed by atoms with Gasteiger partial charge in [-0.1, -0.05) is 48.5 Å². The number of aryl methyl sites for hydroxylation is 1. The number of nitrogens with one attached hydrogen (secondary N) is 1. The molecule has 0 bridgehead atoms. The summed E-state index contributed by atoms with van der Waals surface area (Å²) in [4.78, 5) is 24.0. The molecule has 2 aromatic carbocycles. The fourth-order valence-electron chi connectivity index (χ4n) is 3.70. The molecule has 1 aliphatic carbocycles. The van der Waals surface area contributed by atoms with Gasteiger partial charge in [-0.3, -0.25) is 4.68 Å². The quantitative estimate of drug-likeness (QED) is 0.609. The van der Waals surface area contributed by atoms with Gasteiger partial charge in [0, 0.05) is 24.7 Å². The van der Waals surface area contributed by atoms with E-state index in [2.05, 4.69) is 38.5 Å². The Hall–Kier alpha value is -3.13. The summed E-state index contributed by atoms with van der Waals surface area (Å²) in [6.07, 6.45) is 0.738. The first kappa shape index (κ1) is 19.2. The number of aliphatic carboxylic acids is 1. The lowest BCUT2D eigenvalue weighted by Crippen LogP contribution is -2.34. The first-order valence-electron chi connectivity index (χ1n) is 8.99. The van der Waals surface area contributed by atoms with E-state index >= 15 is 0 Å². The number of hydrogen-bond acceptors (Lipinski definition) is 4. The molecule has 29 heavy (non-hydrogen) atoms. The van der Waals surface area contributed by atoms with Crippen molar-refractivity contribution in [1.29, 1.82) is 0 Å². The zero-order valence-electron chi connectivity index (χ0n) is 15.5. The number of carbonyl (C=O) groups excluding carboxylic acids is 1. The molecule has 1 aliphatic rings. The minimum atomic E-state index is -1.27. The van der Waals surface area contributed by atoms with Crippen LogP contribution >= 0.6 is 15.9 Å². The van der Waals surface area contributed by atoms with Gasteiger partial charge >= 0.3 is 12.1 Å². The van der Waals surface area contributed by atoms with Crippen LogP contribution in [0.5, 0.6) is 0 Å². The summed E-state index contributed by atoms with van der Waals surface area (Å²) in [6.45, 7) is 0.112. The van der Waals surface area contributed by atoms with E-state index in [1.807, 2.05) is 36.4 Å². The van der Waals surface area contributed by atoms with Gasteiger partial charge in [-0.05, 0) is 38.2 Å². The first-order valence-corrected chi connectivity index (χ1v) is 9.78.